The molecule has 102 valence electrons. The van der Waals surface area contributed by atoms with Gasteiger partial charge in [-0.25, -0.2) is 9.97 Å². The van der Waals surface area contributed by atoms with Gasteiger partial charge >= 0.3 is 0 Å². The van der Waals surface area contributed by atoms with Gasteiger partial charge in [-0.2, -0.15) is 0 Å². The average Bonchev–Trinajstić information content (AvgIpc) is 2.72. The van der Waals surface area contributed by atoms with Crippen LogP contribution < -0.4 is 5.73 Å². The standard InChI is InChI=1S/C16H18N4/c1-4-12-7-5-6-8-13(12)20-11(3)10(2)14-15(17)18-9-19-16(14)20/h5-9H,4H2,1-3H3,(H2,17,18,19). The monoisotopic (exact) mass is 266 g/mol. The molecule has 0 spiro atoms. The van der Waals surface area contributed by atoms with Crippen molar-refractivity contribution in [3.05, 3.63) is 47.4 Å². The minimum atomic E-state index is 0.545. The van der Waals surface area contributed by atoms with Crippen molar-refractivity contribution in [3.63, 3.8) is 0 Å². The second-order valence-corrected chi connectivity index (χ2v) is 4.99. The Balaban J connectivity index is 2.43. The molecule has 0 saturated heterocycles. The highest BCUT2D eigenvalue weighted by molar-refractivity contribution is 5.92. The second-order valence-electron chi connectivity index (χ2n) is 4.99. The number of hydrogen-bond donors (Lipinski definition) is 1. The molecular weight excluding hydrogens is 248 g/mol. The highest BCUT2D eigenvalue weighted by Gasteiger charge is 2.17. The molecule has 2 N–H and O–H groups in total. The van der Waals surface area contributed by atoms with E-state index < -0.39 is 0 Å². The molecular formula is C16H18N4. The fourth-order valence-electron chi connectivity index (χ4n) is 2.75. The number of hydrogen-bond acceptors (Lipinski definition) is 3. The SMILES string of the molecule is CCc1ccccc1-n1c(C)c(C)c2c(N)ncnc21. The third-order valence-corrected chi connectivity index (χ3v) is 3.93. The van der Waals surface area contributed by atoms with Gasteiger partial charge in [-0.05, 0) is 37.5 Å². The molecule has 0 fully saturated rings. The summed E-state index contributed by atoms with van der Waals surface area (Å²) in [5.41, 5.74) is 11.7. The maximum absolute atomic E-state index is 6.02. The Morgan fingerprint density at radius 1 is 1.15 bits per heavy atom. The van der Waals surface area contributed by atoms with Gasteiger partial charge in [0.25, 0.3) is 0 Å². The highest BCUT2D eigenvalue weighted by atomic mass is 15.1. The van der Waals surface area contributed by atoms with Gasteiger partial charge in [0.05, 0.1) is 11.1 Å². The van der Waals surface area contributed by atoms with Crippen molar-refractivity contribution in [3.8, 4) is 5.69 Å². The van der Waals surface area contributed by atoms with Crippen LogP contribution in [0.4, 0.5) is 5.82 Å². The average molecular weight is 266 g/mol. The van der Waals surface area contributed by atoms with E-state index in [-0.39, 0.29) is 0 Å². The number of aromatic nitrogens is 3. The molecule has 0 aliphatic rings. The van der Waals surface area contributed by atoms with Crippen molar-refractivity contribution in [2.75, 3.05) is 5.73 Å². The van der Waals surface area contributed by atoms with Crippen LogP contribution in [0, 0.1) is 13.8 Å². The van der Waals surface area contributed by atoms with Crippen LogP contribution >= 0.6 is 0 Å². The largest absolute Gasteiger partial charge is 0.383 e. The number of fused-ring (bicyclic) bond motifs is 1. The van der Waals surface area contributed by atoms with Crippen LogP contribution in [0.2, 0.25) is 0 Å². The minimum absolute atomic E-state index is 0.545. The summed E-state index contributed by atoms with van der Waals surface area (Å²) in [6.45, 7) is 6.33. The zero-order valence-electron chi connectivity index (χ0n) is 12.0. The fourth-order valence-corrected chi connectivity index (χ4v) is 2.75. The maximum atomic E-state index is 6.02. The van der Waals surface area contributed by atoms with Crippen LogP contribution in [0.5, 0.6) is 0 Å². The molecule has 0 radical (unpaired) electrons. The molecule has 2 heterocycles. The Bertz CT molecular complexity index is 787. The summed E-state index contributed by atoms with van der Waals surface area (Å²) >= 11 is 0. The van der Waals surface area contributed by atoms with Crippen LogP contribution in [0.1, 0.15) is 23.7 Å². The van der Waals surface area contributed by atoms with Crippen molar-refractivity contribution in [1.82, 2.24) is 14.5 Å². The Morgan fingerprint density at radius 3 is 2.65 bits per heavy atom. The predicted molar refractivity (Wildman–Crippen MR) is 82.1 cm³/mol. The van der Waals surface area contributed by atoms with Crippen molar-refractivity contribution in [2.45, 2.75) is 27.2 Å². The zero-order valence-corrected chi connectivity index (χ0v) is 12.0. The molecule has 0 unspecified atom stereocenters. The predicted octanol–water partition coefficient (Wildman–Crippen LogP) is 3.18. The molecule has 1 aromatic carbocycles. The van der Waals surface area contributed by atoms with Gasteiger partial charge in [0.1, 0.15) is 12.1 Å². The van der Waals surface area contributed by atoms with Gasteiger partial charge in [-0.15, -0.1) is 0 Å². The Kier molecular flexibility index (Phi) is 2.93. The van der Waals surface area contributed by atoms with E-state index in [0.717, 1.165) is 28.7 Å². The van der Waals surface area contributed by atoms with E-state index in [2.05, 4.69) is 59.6 Å². The molecule has 0 aliphatic heterocycles. The molecule has 3 aromatic rings. The number of aryl methyl sites for hydroxylation is 2. The second kappa shape index (κ2) is 4.63. The van der Waals surface area contributed by atoms with E-state index in [4.69, 9.17) is 5.73 Å². The third-order valence-electron chi connectivity index (χ3n) is 3.93. The molecule has 4 nitrogen and oxygen atoms in total. The summed E-state index contributed by atoms with van der Waals surface area (Å²) < 4.78 is 2.18. The van der Waals surface area contributed by atoms with Crippen molar-refractivity contribution < 1.29 is 0 Å². The van der Waals surface area contributed by atoms with E-state index >= 15 is 0 Å². The molecule has 0 saturated carbocycles. The molecule has 0 amide bonds. The number of para-hydroxylation sites is 1. The fraction of sp³-hybridized carbons (Fsp3) is 0.250. The summed E-state index contributed by atoms with van der Waals surface area (Å²) in [5, 5.41) is 0.955. The smallest absolute Gasteiger partial charge is 0.150 e. The van der Waals surface area contributed by atoms with E-state index in [9.17, 15) is 0 Å². The van der Waals surface area contributed by atoms with Gasteiger partial charge < -0.3 is 5.73 Å². The van der Waals surface area contributed by atoms with Gasteiger partial charge in [0.2, 0.25) is 0 Å². The molecule has 4 heteroatoms. The maximum Gasteiger partial charge on any atom is 0.150 e. The van der Waals surface area contributed by atoms with Gasteiger partial charge in [0.15, 0.2) is 5.65 Å². The Hall–Kier alpha value is -2.36. The third kappa shape index (κ3) is 1.68. The van der Waals surface area contributed by atoms with E-state index in [0.29, 0.717) is 5.82 Å². The number of anilines is 1. The number of benzene rings is 1. The summed E-state index contributed by atoms with van der Waals surface area (Å²) in [6.07, 6.45) is 2.51. The molecule has 3 rings (SSSR count). The number of nitrogens with two attached hydrogens (primary N) is 1. The summed E-state index contributed by atoms with van der Waals surface area (Å²) in [4.78, 5) is 8.56. The number of nitrogens with zero attached hydrogens (tertiary/aromatic N) is 3. The molecule has 0 aliphatic carbocycles. The lowest BCUT2D eigenvalue weighted by atomic mass is 10.1. The van der Waals surface area contributed by atoms with Crippen LogP contribution in [-0.4, -0.2) is 14.5 Å². The van der Waals surface area contributed by atoms with E-state index in [1.54, 1.807) is 0 Å². The van der Waals surface area contributed by atoms with Gasteiger partial charge in [0, 0.05) is 5.69 Å². The summed E-state index contributed by atoms with van der Waals surface area (Å²) in [7, 11) is 0. The Labute approximate surface area is 118 Å². The normalized spacial score (nSPS) is 11.2. The van der Waals surface area contributed by atoms with Crippen LogP contribution in [0.3, 0.4) is 0 Å². The van der Waals surface area contributed by atoms with Crippen molar-refractivity contribution in [2.24, 2.45) is 0 Å². The number of nitrogen functional groups attached to an aromatic ring is 1. The van der Waals surface area contributed by atoms with Crippen LogP contribution in [0.25, 0.3) is 16.7 Å². The highest BCUT2D eigenvalue weighted by Crippen LogP contribution is 2.31. The first-order chi connectivity index (χ1) is 9.65. The molecule has 2 aromatic heterocycles. The molecule has 20 heavy (non-hydrogen) atoms. The topological polar surface area (TPSA) is 56.7 Å². The van der Waals surface area contributed by atoms with Gasteiger partial charge in [-0.3, -0.25) is 4.57 Å². The minimum Gasteiger partial charge on any atom is -0.383 e. The first-order valence-corrected chi connectivity index (χ1v) is 6.81. The van der Waals surface area contributed by atoms with Crippen molar-refractivity contribution in [1.29, 1.82) is 0 Å². The molecule has 0 bridgehead atoms. The summed E-state index contributed by atoms with van der Waals surface area (Å²) in [6, 6.07) is 8.41. The van der Waals surface area contributed by atoms with Gasteiger partial charge in [-0.1, -0.05) is 25.1 Å². The number of rotatable bonds is 2. The zero-order chi connectivity index (χ0) is 14.3. The van der Waals surface area contributed by atoms with E-state index in [1.165, 1.54) is 17.6 Å². The summed E-state index contributed by atoms with van der Waals surface area (Å²) in [5.74, 6) is 0.545. The lowest BCUT2D eigenvalue weighted by molar-refractivity contribution is 0.978. The lowest BCUT2D eigenvalue weighted by Crippen LogP contribution is -2.02. The van der Waals surface area contributed by atoms with Crippen molar-refractivity contribution >= 4 is 16.9 Å². The quantitative estimate of drug-likeness (QED) is 0.775. The van der Waals surface area contributed by atoms with Crippen LogP contribution in [0.15, 0.2) is 30.6 Å². The first-order valence-electron chi connectivity index (χ1n) is 6.81. The first kappa shape index (κ1) is 12.7. The lowest BCUT2D eigenvalue weighted by Gasteiger charge is -2.12. The Morgan fingerprint density at radius 2 is 1.90 bits per heavy atom. The van der Waals surface area contributed by atoms with Crippen LogP contribution in [-0.2, 0) is 6.42 Å². The van der Waals surface area contributed by atoms with E-state index in [1.807, 2.05) is 0 Å². The molecule has 0 atom stereocenters.